The summed E-state index contributed by atoms with van der Waals surface area (Å²) >= 11 is 0. The molecule has 1 fully saturated rings. The van der Waals surface area contributed by atoms with Gasteiger partial charge in [-0.05, 0) is 19.3 Å². The molecule has 1 aliphatic rings. The molecular weight excluding hydrogens is 347 g/mol. The zero-order valence-electron chi connectivity index (χ0n) is 15.6. The van der Waals surface area contributed by atoms with E-state index in [2.05, 4.69) is 34.6 Å². The zero-order valence-corrected chi connectivity index (χ0v) is 15.6. The molecule has 2 rings (SSSR count). The molecule has 0 spiro atoms. The third-order valence-corrected chi connectivity index (χ3v) is 4.65. The number of hydrogen-bond acceptors (Lipinski definition) is 4. The Morgan fingerprint density at radius 2 is 2.15 bits per heavy atom. The Morgan fingerprint density at radius 3 is 2.77 bits per heavy atom. The Balaban J connectivity index is 1.80. The van der Waals surface area contributed by atoms with Crippen molar-refractivity contribution in [2.75, 3.05) is 26.7 Å². The molecular formula is C17H28F3N5O. The highest BCUT2D eigenvalue weighted by Gasteiger charge is 2.34. The van der Waals surface area contributed by atoms with Crippen molar-refractivity contribution in [3.63, 3.8) is 0 Å². The molecule has 0 aliphatic carbocycles. The number of likely N-dealkylation sites (tertiary alicyclic amines) is 1. The maximum Gasteiger partial charge on any atom is 0.401 e. The fourth-order valence-electron chi connectivity index (χ4n) is 3.22. The maximum atomic E-state index is 12.5. The zero-order chi connectivity index (χ0) is 19.2. The largest absolute Gasteiger partial charge is 0.401 e. The van der Waals surface area contributed by atoms with E-state index in [4.69, 9.17) is 4.52 Å². The normalized spacial score (nSPS) is 19.3. The molecule has 26 heavy (non-hydrogen) atoms. The molecule has 0 saturated carbocycles. The average Bonchev–Trinajstić information content (AvgIpc) is 3.21. The Bertz CT molecular complexity index is 583. The van der Waals surface area contributed by atoms with Gasteiger partial charge in [0.1, 0.15) is 0 Å². The maximum absolute atomic E-state index is 12.5. The van der Waals surface area contributed by atoms with E-state index >= 15 is 0 Å². The number of nitrogens with zero attached hydrogens (tertiary/aromatic N) is 3. The quantitative estimate of drug-likeness (QED) is 0.567. The van der Waals surface area contributed by atoms with E-state index in [1.54, 1.807) is 7.05 Å². The predicted molar refractivity (Wildman–Crippen MR) is 94.1 cm³/mol. The van der Waals surface area contributed by atoms with Crippen molar-refractivity contribution in [2.24, 2.45) is 4.99 Å². The molecule has 0 radical (unpaired) electrons. The smallest absolute Gasteiger partial charge is 0.359 e. The third kappa shape index (κ3) is 6.19. The van der Waals surface area contributed by atoms with Crippen LogP contribution in [0.1, 0.15) is 50.5 Å². The summed E-state index contributed by atoms with van der Waals surface area (Å²) in [5.74, 6) is 1.65. The number of aromatic nitrogens is 1. The van der Waals surface area contributed by atoms with Crippen LogP contribution >= 0.6 is 0 Å². The van der Waals surface area contributed by atoms with E-state index in [0.717, 1.165) is 18.5 Å². The van der Waals surface area contributed by atoms with Crippen LogP contribution < -0.4 is 10.6 Å². The molecule has 9 heteroatoms. The minimum absolute atomic E-state index is 0.0570. The van der Waals surface area contributed by atoms with E-state index in [-0.39, 0.29) is 6.04 Å². The lowest BCUT2D eigenvalue weighted by Crippen LogP contribution is -2.44. The van der Waals surface area contributed by atoms with Gasteiger partial charge in [0.05, 0.1) is 18.8 Å². The van der Waals surface area contributed by atoms with Gasteiger partial charge in [0.25, 0.3) is 0 Å². The highest BCUT2D eigenvalue weighted by molar-refractivity contribution is 5.79. The van der Waals surface area contributed by atoms with Gasteiger partial charge in [-0.15, -0.1) is 0 Å². The van der Waals surface area contributed by atoms with Crippen LogP contribution in [0, 0.1) is 0 Å². The molecule has 6 nitrogen and oxygen atoms in total. The van der Waals surface area contributed by atoms with Gasteiger partial charge >= 0.3 is 6.18 Å². The van der Waals surface area contributed by atoms with Gasteiger partial charge in [-0.25, -0.2) is 0 Å². The Kier molecular flexibility index (Phi) is 7.31. The van der Waals surface area contributed by atoms with Crippen molar-refractivity contribution in [1.82, 2.24) is 20.7 Å². The molecule has 1 aliphatic heterocycles. The van der Waals surface area contributed by atoms with E-state index in [9.17, 15) is 13.2 Å². The van der Waals surface area contributed by atoms with Crippen LogP contribution in [-0.2, 0) is 6.54 Å². The summed E-state index contributed by atoms with van der Waals surface area (Å²) in [4.78, 5) is 5.54. The minimum Gasteiger partial charge on any atom is -0.359 e. The van der Waals surface area contributed by atoms with Crippen LogP contribution in [0.25, 0.3) is 0 Å². The molecule has 2 N–H and O–H groups in total. The summed E-state index contributed by atoms with van der Waals surface area (Å²) in [6, 6.07) is 1.89. The Hall–Kier alpha value is -1.77. The van der Waals surface area contributed by atoms with Gasteiger partial charge in [0.15, 0.2) is 11.7 Å². The second-order valence-corrected chi connectivity index (χ2v) is 6.64. The molecule has 1 atom stereocenters. The van der Waals surface area contributed by atoms with Crippen LogP contribution in [-0.4, -0.2) is 54.9 Å². The number of nitrogens with one attached hydrogen (secondary N) is 2. The fraction of sp³-hybridized carbons (Fsp3) is 0.765. The molecule has 1 saturated heterocycles. The van der Waals surface area contributed by atoms with Gasteiger partial charge in [-0.3, -0.25) is 9.89 Å². The first-order valence-electron chi connectivity index (χ1n) is 9.06. The number of guanidine groups is 1. The third-order valence-electron chi connectivity index (χ3n) is 4.65. The molecule has 0 aromatic carbocycles. The number of aliphatic imine (C=N–C) groups is 1. The van der Waals surface area contributed by atoms with Gasteiger partial charge in [0, 0.05) is 38.2 Å². The molecule has 1 aromatic rings. The van der Waals surface area contributed by atoms with Crippen molar-refractivity contribution in [1.29, 1.82) is 0 Å². The fourth-order valence-corrected chi connectivity index (χ4v) is 3.22. The summed E-state index contributed by atoms with van der Waals surface area (Å²) in [5.41, 5.74) is 0.952. The summed E-state index contributed by atoms with van der Waals surface area (Å²) < 4.78 is 42.8. The van der Waals surface area contributed by atoms with Crippen LogP contribution in [0.2, 0.25) is 0 Å². The van der Waals surface area contributed by atoms with Crippen LogP contribution in [0.15, 0.2) is 15.6 Å². The second kappa shape index (κ2) is 9.25. The molecule has 148 valence electrons. The van der Waals surface area contributed by atoms with E-state index in [0.29, 0.717) is 43.7 Å². The summed E-state index contributed by atoms with van der Waals surface area (Å²) in [6.07, 6.45) is -1.49. The van der Waals surface area contributed by atoms with E-state index in [1.807, 2.05) is 6.07 Å². The topological polar surface area (TPSA) is 65.7 Å². The van der Waals surface area contributed by atoms with Gasteiger partial charge in [-0.2, -0.15) is 13.2 Å². The molecule has 1 unspecified atom stereocenters. The lowest BCUT2D eigenvalue weighted by Gasteiger charge is -2.19. The minimum atomic E-state index is -4.16. The van der Waals surface area contributed by atoms with Crippen molar-refractivity contribution in [3.8, 4) is 0 Å². The second-order valence-electron chi connectivity index (χ2n) is 6.64. The van der Waals surface area contributed by atoms with E-state index in [1.165, 1.54) is 4.90 Å². The molecule has 0 bridgehead atoms. The van der Waals surface area contributed by atoms with Crippen LogP contribution in [0.5, 0.6) is 0 Å². The van der Waals surface area contributed by atoms with Gasteiger partial charge in [-0.1, -0.05) is 19.0 Å². The first-order valence-corrected chi connectivity index (χ1v) is 9.06. The van der Waals surface area contributed by atoms with Crippen molar-refractivity contribution < 1.29 is 17.7 Å². The van der Waals surface area contributed by atoms with Crippen LogP contribution in [0.3, 0.4) is 0 Å². The SMILES string of the molecule is CCC(CC)c1cc(CNC(=NC)NC2CCN(CC(F)(F)F)C2)on1. The molecule has 1 aromatic heterocycles. The monoisotopic (exact) mass is 375 g/mol. The Labute approximate surface area is 152 Å². The number of hydrogen-bond donors (Lipinski definition) is 2. The van der Waals surface area contributed by atoms with Crippen molar-refractivity contribution >= 4 is 5.96 Å². The number of rotatable bonds is 7. The Morgan fingerprint density at radius 1 is 1.42 bits per heavy atom. The summed E-state index contributed by atoms with van der Waals surface area (Å²) in [7, 11) is 1.63. The highest BCUT2D eigenvalue weighted by atomic mass is 19.4. The number of alkyl halides is 3. The first-order chi connectivity index (χ1) is 12.3. The van der Waals surface area contributed by atoms with Gasteiger partial charge < -0.3 is 15.2 Å². The first kappa shape index (κ1) is 20.5. The molecule has 2 heterocycles. The lowest BCUT2D eigenvalue weighted by molar-refractivity contribution is -0.143. The van der Waals surface area contributed by atoms with Crippen molar-refractivity contribution in [2.45, 2.75) is 57.8 Å². The highest BCUT2D eigenvalue weighted by Crippen LogP contribution is 2.22. The van der Waals surface area contributed by atoms with Crippen LogP contribution in [0.4, 0.5) is 13.2 Å². The number of halogens is 3. The van der Waals surface area contributed by atoms with Crippen molar-refractivity contribution in [3.05, 3.63) is 17.5 Å². The molecule has 0 amide bonds. The van der Waals surface area contributed by atoms with E-state index < -0.39 is 12.7 Å². The summed E-state index contributed by atoms with van der Waals surface area (Å²) in [6.45, 7) is 4.57. The summed E-state index contributed by atoms with van der Waals surface area (Å²) in [5, 5.41) is 10.4. The lowest BCUT2D eigenvalue weighted by atomic mass is 9.99. The average molecular weight is 375 g/mol. The standard InChI is InChI=1S/C17H28F3N5O/c1-4-12(5-2)15-8-14(26-24-15)9-22-16(21-3)23-13-6-7-25(10-13)11-17(18,19)20/h8,12-13H,4-7,9-11H2,1-3H3,(H2,21,22,23). The van der Waals surface area contributed by atoms with Gasteiger partial charge in [0.2, 0.25) is 0 Å². The predicted octanol–water partition coefficient (Wildman–Crippen LogP) is 2.88.